The van der Waals surface area contributed by atoms with Gasteiger partial charge >= 0.3 is 0 Å². The number of azide groups is 1. The first-order valence-electron chi connectivity index (χ1n) is 6.78. The van der Waals surface area contributed by atoms with E-state index in [1.54, 1.807) is 12.1 Å². The highest BCUT2D eigenvalue weighted by atomic mass is 16.5. The van der Waals surface area contributed by atoms with Gasteiger partial charge in [0.1, 0.15) is 6.61 Å². The first-order chi connectivity index (χ1) is 10.7. The molecule has 0 spiro atoms. The predicted octanol–water partition coefficient (Wildman–Crippen LogP) is 3.03. The van der Waals surface area contributed by atoms with E-state index in [0.717, 1.165) is 18.4 Å². The third-order valence-corrected chi connectivity index (χ3v) is 3.51. The summed E-state index contributed by atoms with van der Waals surface area (Å²) in [5, 5.41) is 16.0. The van der Waals surface area contributed by atoms with Crippen LogP contribution in [-0.4, -0.2) is 21.1 Å². The van der Waals surface area contributed by atoms with Crippen LogP contribution in [-0.2, 0) is 6.61 Å². The normalized spacial score (nSPS) is 13.5. The van der Waals surface area contributed by atoms with Gasteiger partial charge in [0.2, 0.25) is 11.8 Å². The van der Waals surface area contributed by atoms with Crippen LogP contribution in [0.2, 0.25) is 0 Å². The Labute approximate surface area is 125 Å². The summed E-state index contributed by atoms with van der Waals surface area (Å²) >= 11 is 0. The molecule has 0 atom stereocenters. The summed E-state index contributed by atoms with van der Waals surface area (Å²) in [6, 6.07) is 6.86. The average Bonchev–Trinajstić information content (AvgIpc) is 3.27. The van der Waals surface area contributed by atoms with Crippen LogP contribution < -0.4 is 4.74 Å². The molecule has 0 bridgehead atoms. The van der Waals surface area contributed by atoms with Crippen LogP contribution in [0, 0.1) is 0 Å². The van der Waals surface area contributed by atoms with Crippen molar-refractivity contribution in [1.29, 1.82) is 0 Å². The Morgan fingerprint density at radius 3 is 2.95 bits per heavy atom. The van der Waals surface area contributed by atoms with E-state index in [-0.39, 0.29) is 12.5 Å². The van der Waals surface area contributed by atoms with Crippen molar-refractivity contribution < 1.29 is 14.7 Å². The predicted molar refractivity (Wildman–Crippen MR) is 75.6 cm³/mol. The van der Waals surface area contributed by atoms with Crippen LogP contribution in [0.25, 0.3) is 10.4 Å². The smallest absolute Gasteiger partial charge is 0.249 e. The van der Waals surface area contributed by atoms with E-state index < -0.39 is 5.91 Å². The maximum atomic E-state index is 11.9. The summed E-state index contributed by atoms with van der Waals surface area (Å²) in [6.07, 6.45) is 3.48. The van der Waals surface area contributed by atoms with E-state index in [2.05, 4.69) is 15.1 Å². The maximum absolute atomic E-state index is 11.9. The highest BCUT2D eigenvalue weighted by Gasteiger charge is 2.28. The number of benzene rings is 1. The highest BCUT2D eigenvalue weighted by Crippen LogP contribution is 2.42. The molecule has 0 radical (unpaired) electrons. The number of carbonyl (C=O) groups is 1. The van der Waals surface area contributed by atoms with Crippen molar-refractivity contribution in [2.45, 2.75) is 25.4 Å². The van der Waals surface area contributed by atoms with Gasteiger partial charge in [0.25, 0.3) is 0 Å². The molecule has 3 rings (SSSR count). The van der Waals surface area contributed by atoms with Gasteiger partial charge in [-0.2, -0.15) is 0 Å². The Morgan fingerprint density at radius 2 is 2.32 bits per heavy atom. The lowest BCUT2D eigenvalue weighted by Gasteiger charge is -2.12. The van der Waals surface area contributed by atoms with E-state index in [1.165, 1.54) is 12.3 Å². The molecule has 1 aromatic carbocycles. The Balaban J connectivity index is 1.91. The molecule has 1 amide bonds. The molecule has 8 nitrogen and oxygen atoms in total. The van der Waals surface area contributed by atoms with Gasteiger partial charge in [-0.25, -0.2) is 0 Å². The molecule has 1 fully saturated rings. The summed E-state index contributed by atoms with van der Waals surface area (Å²) in [5.41, 5.74) is 10.5. The van der Waals surface area contributed by atoms with Crippen molar-refractivity contribution >= 4 is 5.91 Å². The number of carbonyl (C=O) groups excluding carboxylic acids is 1. The Morgan fingerprint density at radius 1 is 1.50 bits per heavy atom. The van der Waals surface area contributed by atoms with Gasteiger partial charge in [-0.3, -0.25) is 4.79 Å². The van der Waals surface area contributed by atoms with E-state index >= 15 is 0 Å². The van der Waals surface area contributed by atoms with Crippen LogP contribution in [0.5, 0.6) is 5.88 Å². The fraction of sp³-hybridized carbons (Fsp3) is 0.286. The molecule has 1 aliphatic rings. The third kappa shape index (κ3) is 2.87. The zero-order valence-electron chi connectivity index (χ0n) is 11.6. The molecule has 112 valence electrons. The number of aromatic nitrogens is 2. The molecule has 1 N–H and O–H groups in total. The largest absolute Gasteiger partial charge is 0.472 e. The molecule has 8 heteroatoms. The fourth-order valence-electron chi connectivity index (χ4n) is 2.36. The standard InChI is InChI=1S/C14H13N5O3/c15-18-16-14(20)11-3-1-2-10(9-4-5-9)12(11)8-22-13-6-7-19(21)17-13/h1-3,6-7,9,21H,4-5,8H2. The van der Waals surface area contributed by atoms with Crippen molar-refractivity contribution in [3.05, 3.63) is 57.6 Å². The van der Waals surface area contributed by atoms with Crippen LogP contribution in [0.1, 0.15) is 40.2 Å². The second-order valence-corrected chi connectivity index (χ2v) is 5.01. The van der Waals surface area contributed by atoms with Gasteiger partial charge in [0.15, 0.2) is 0 Å². The number of nitrogens with zero attached hydrogens (tertiary/aromatic N) is 5. The molecule has 1 aromatic heterocycles. The quantitative estimate of drug-likeness (QED) is 0.395. The van der Waals surface area contributed by atoms with Crippen LogP contribution in [0.3, 0.4) is 0 Å². The average molecular weight is 299 g/mol. The summed E-state index contributed by atoms with van der Waals surface area (Å²) in [6.45, 7) is 0.117. The van der Waals surface area contributed by atoms with Crippen molar-refractivity contribution in [3.8, 4) is 5.88 Å². The van der Waals surface area contributed by atoms with Gasteiger partial charge in [-0.1, -0.05) is 23.3 Å². The van der Waals surface area contributed by atoms with Crippen LogP contribution in [0.4, 0.5) is 0 Å². The second-order valence-electron chi connectivity index (χ2n) is 5.01. The molecule has 2 aromatic rings. The molecule has 1 saturated carbocycles. The molecule has 1 aliphatic carbocycles. The lowest BCUT2D eigenvalue weighted by Crippen LogP contribution is -2.08. The summed E-state index contributed by atoms with van der Waals surface area (Å²) in [4.78, 5) is 15.1. The topological polar surface area (TPSA) is 113 Å². The van der Waals surface area contributed by atoms with Crippen LogP contribution >= 0.6 is 0 Å². The fourth-order valence-corrected chi connectivity index (χ4v) is 2.36. The number of amides is 1. The monoisotopic (exact) mass is 299 g/mol. The minimum Gasteiger partial charge on any atom is -0.472 e. The zero-order valence-corrected chi connectivity index (χ0v) is 11.6. The molecule has 22 heavy (non-hydrogen) atoms. The molecular formula is C14H13N5O3. The molecule has 0 unspecified atom stereocenters. The highest BCUT2D eigenvalue weighted by molar-refractivity contribution is 5.96. The van der Waals surface area contributed by atoms with E-state index in [9.17, 15) is 4.79 Å². The molecule has 0 saturated heterocycles. The van der Waals surface area contributed by atoms with Gasteiger partial charge in [-0.15, -0.1) is 4.85 Å². The number of hydrogen-bond acceptors (Lipinski definition) is 4. The minimum absolute atomic E-state index is 0.117. The summed E-state index contributed by atoms with van der Waals surface area (Å²) in [5.74, 6) is 0.0272. The van der Waals surface area contributed by atoms with Crippen LogP contribution in [0.15, 0.2) is 35.6 Å². The second kappa shape index (κ2) is 5.79. The van der Waals surface area contributed by atoms with E-state index in [1.807, 2.05) is 6.07 Å². The van der Waals surface area contributed by atoms with Crippen molar-refractivity contribution in [1.82, 2.24) is 9.94 Å². The van der Waals surface area contributed by atoms with Gasteiger partial charge < -0.3 is 9.94 Å². The Bertz CT molecular complexity index is 760. The molecule has 1 heterocycles. The molecular weight excluding hydrogens is 286 g/mol. The zero-order chi connectivity index (χ0) is 15.5. The van der Waals surface area contributed by atoms with Gasteiger partial charge in [0, 0.05) is 22.1 Å². The summed E-state index contributed by atoms with van der Waals surface area (Å²) in [7, 11) is 0. The third-order valence-electron chi connectivity index (χ3n) is 3.51. The Hall–Kier alpha value is -2.99. The van der Waals surface area contributed by atoms with Crippen molar-refractivity contribution in [3.63, 3.8) is 0 Å². The number of rotatable bonds is 5. The molecule has 0 aliphatic heterocycles. The first-order valence-corrected chi connectivity index (χ1v) is 6.78. The Kier molecular flexibility index (Phi) is 3.67. The number of ether oxygens (including phenoxy) is 1. The van der Waals surface area contributed by atoms with Crippen molar-refractivity contribution in [2.24, 2.45) is 5.11 Å². The van der Waals surface area contributed by atoms with E-state index in [0.29, 0.717) is 21.9 Å². The maximum Gasteiger partial charge on any atom is 0.249 e. The minimum atomic E-state index is -0.628. The van der Waals surface area contributed by atoms with Gasteiger partial charge in [0.05, 0.1) is 6.20 Å². The SMILES string of the molecule is [N-]=[N+]=NC(=O)c1cccc(C2CC2)c1COc1ccn(O)n1. The lowest BCUT2D eigenvalue weighted by molar-refractivity contribution is 0.0997. The number of hydrogen-bond donors (Lipinski definition) is 1. The van der Waals surface area contributed by atoms with Gasteiger partial charge in [-0.05, 0) is 35.0 Å². The summed E-state index contributed by atoms with van der Waals surface area (Å²) < 4.78 is 5.52. The van der Waals surface area contributed by atoms with Crippen molar-refractivity contribution in [2.75, 3.05) is 0 Å². The first kappa shape index (κ1) is 14.0. The van der Waals surface area contributed by atoms with E-state index in [4.69, 9.17) is 15.5 Å². The lowest BCUT2D eigenvalue weighted by atomic mass is 9.98.